The lowest BCUT2D eigenvalue weighted by Gasteiger charge is -2.22. The van der Waals surface area contributed by atoms with E-state index in [1.165, 1.54) is 6.26 Å². The van der Waals surface area contributed by atoms with Crippen LogP contribution < -0.4 is 10.6 Å². The van der Waals surface area contributed by atoms with Crippen LogP contribution in [0.2, 0.25) is 10.0 Å². The Kier molecular flexibility index (Phi) is 6.51. The van der Waals surface area contributed by atoms with Gasteiger partial charge < -0.3 is 15.1 Å². The molecule has 25 heavy (non-hydrogen) atoms. The predicted molar refractivity (Wildman–Crippen MR) is 97.5 cm³/mol. The van der Waals surface area contributed by atoms with Gasteiger partial charge in [0.1, 0.15) is 11.2 Å². The summed E-state index contributed by atoms with van der Waals surface area (Å²) in [5, 5.41) is 6.59. The first kappa shape index (κ1) is 19.3. The van der Waals surface area contributed by atoms with Crippen LogP contribution in [-0.2, 0) is 22.6 Å². The molecule has 2 aromatic rings. The lowest BCUT2D eigenvalue weighted by molar-refractivity contribution is -0.141. The van der Waals surface area contributed by atoms with E-state index in [9.17, 15) is 9.59 Å². The summed E-state index contributed by atoms with van der Waals surface area (Å²) in [7, 11) is 0. The lowest BCUT2D eigenvalue weighted by atomic mass is 9.91. The molecule has 0 radical (unpaired) electrons. The van der Waals surface area contributed by atoms with Crippen molar-refractivity contribution in [2.24, 2.45) is 5.41 Å². The van der Waals surface area contributed by atoms with Crippen LogP contribution in [0.5, 0.6) is 0 Å². The largest absolute Gasteiger partial charge is 0.467 e. The highest BCUT2D eigenvalue weighted by atomic mass is 35.5. The van der Waals surface area contributed by atoms with Crippen molar-refractivity contribution >= 4 is 35.0 Å². The minimum absolute atomic E-state index is 0.239. The summed E-state index contributed by atoms with van der Waals surface area (Å²) in [6.07, 6.45) is 2.08. The van der Waals surface area contributed by atoms with Crippen LogP contribution in [-0.4, -0.2) is 18.4 Å². The molecule has 0 spiro atoms. The molecule has 2 amide bonds. The fourth-order valence-electron chi connectivity index (χ4n) is 2.16. The number of benzene rings is 1. The minimum atomic E-state index is -1.20. The number of amides is 2. The predicted octanol–water partition coefficient (Wildman–Crippen LogP) is 3.59. The van der Waals surface area contributed by atoms with E-state index >= 15 is 0 Å². The molecule has 0 atom stereocenters. The van der Waals surface area contributed by atoms with Gasteiger partial charge in [0.05, 0.1) is 12.8 Å². The molecular weight excluding hydrogens is 363 g/mol. The van der Waals surface area contributed by atoms with Crippen molar-refractivity contribution in [1.82, 2.24) is 10.6 Å². The van der Waals surface area contributed by atoms with E-state index in [2.05, 4.69) is 10.6 Å². The Labute approximate surface area is 156 Å². The maximum absolute atomic E-state index is 12.3. The number of furan rings is 1. The molecule has 5 nitrogen and oxygen atoms in total. The number of carbonyl (C=O) groups is 2. The summed E-state index contributed by atoms with van der Waals surface area (Å²) in [4.78, 5) is 24.6. The van der Waals surface area contributed by atoms with Crippen molar-refractivity contribution in [3.8, 4) is 0 Å². The van der Waals surface area contributed by atoms with Gasteiger partial charge in [-0.25, -0.2) is 0 Å². The van der Waals surface area contributed by atoms with Crippen molar-refractivity contribution in [3.05, 3.63) is 58.0 Å². The highest BCUT2D eigenvalue weighted by molar-refractivity contribution is 6.35. The molecule has 0 aliphatic rings. The van der Waals surface area contributed by atoms with Gasteiger partial charge in [0.2, 0.25) is 11.8 Å². The van der Waals surface area contributed by atoms with Crippen LogP contribution in [0.25, 0.3) is 0 Å². The zero-order valence-electron chi connectivity index (χ0n) is 14.1. The van der Waals surface area contributed by atoms with E-state index in [1.54, 1.807) is 38.1 Å². The third-order valence-electron chi connectivity index (χ3n) is 3.83. The van der Waals surface area contributed by atoms with Crippen molar-refractivity contribution in [2.75, 3.05) is 6.54 Å². The SMILES string of the molecule is CC(C)(C(=O)NCCc1ccc(Cl)cc1Cl)C(=O)NCc1ccco1. The van der Waals surface area contributed by atoms with E-state index in [0.717, 1.165) is 5.56 Å². The third kappa shape index (κ3) is 5.25. The molecular formula is C18H20Cl2N2O3. The molecule has 0 aliphatic heterocycles. The van der Waals surface area contributed by atoms with Gasteiger partial charge in [0, 0.05) is 16.6 Å². The highest BCUT2D eigenvalue weighted by Gasteiger charge is 2.35. The third-order valence-corrected chi connectivity index (χ3v) is 4.42. The molecule has 2 rings (SSSR count). The van der Waals surface area contributed by atoms with Crippen LogP contribution in [0.1, 0.15) is 25.2 Å². The molecule has 0 fully saturated rings. The summed E-state index contributed by atoms with van der Waals surface area (Å²) >= 11 is 12.0. The Hall–Kier alpha value is -1.98. The molecule has 0 saturated heterocycles. The van der Waals surface area contributed by atoms with Crippen molar-refractivity contribution in [3.63, 3.8) is 0 Å². The van der Waals surface area contributed by atoms with Crippen LogP contribution in [0.3, 0.4) is 0 Å². The smallest absolute Gasteiger partial charge is 0.235 e. The van der Waals surface area contributed by atoms with Gasteiger partial charge in [0.15, 0.2) is 0 Å². The van der Waals surface area contributed by atoms with E-state index in [1.807, 2.05) is 6.07 Å². The topological polar surface area (TPSA) is 71.3 Å². The molecule has 1 aromatic carbocycles. The number of hydrogen-bond donors (Lipinski definition) is 2. The Morgan fingerprint density at radius 2 is 1.84 bits per heavy atom. The van der Waals surface area contributed by atoms with Gasteiger partial charge in [0.25, 0.3) is 0 Å². The fraction of sp³-hybridized carbons (Fsp3) is 0.333. The quantitative estimate of drug-likeness (QED) is 0.718. The zero-order chi connectivity index (χ0) is 18.4. The molecule has 1 aromatic heterocycles. The lowest BCUT2D eigenvalue weighted by Crippen LogP contribution is -2.48. The Balaban J connectivity index is 1.84. The molecule has 134 valence electrons. The van der Waals surface area contributed by atoms with Gasteiger partial charge in [-0.2, -0.15) is 0 Å². The molecule has 7 heteroatoms. The normalized spacial score (nSPS) is 11.2. The number of nitrogens with one attached hydrogen (secondary N) is 2. The van der Waals surface area contributed by atoms with Crippen molar-refractivity contribution < 1.29 is 14.0 Å². The molecule has 0 bridgehead atoms. The van der Waals surface area contributed by atoms with Gasteiger partial charge in [-0.3, -0.25) is 9.59 Å². The first-order chi connectivity index (χ1) is 11.8. The van der Waals surface area contributed by atoms with Gasteiger partial charge >= 0.3 is 0 Å². The zero-order valence-corrected chi connectivity index (χ0v) is 15.6. The summed E-state index contributed by atoms with van der Waals surface area (Å²) in [5.74, 6) is -0.0950. The van der Waals surface area contributed by atoms with Gasteiger partial charge in [-0.1, -0.05) is 29.3 Å². The van der Waals surface area contributed by atoms with E-state index in [4.69, 9.17) is 27.6 Å². The number of rotatable bonds is 7. The average molecular weight is 383 g/mol. The van der Waals surface area contributed by atoms with Crippen LogP contribution in [0.15, 0.2) is 41.0 Å². The second-order valence-electron chi connectivity index (χ2n) is 6.13. The summed E-state index contributed by atoms with van der Waals surface area (Å²) in [6, 6.07) is 8.71. The fourth-order valence-corrected chi connectivity index (χ4v) is 2.66. The van der Waals surface area contributed by atoms with Crippen molar-refractivity contribution in [2.45, 2.75) is 26.8 Å². The molecule has 1 heterocycles. The first-order valence-corrected chi connectivity index (χ1v) is 8.59. The Morgan fingerprint density at radius 3 is 2.48 bits per heavy atom. The van der Waals surface area contributed by atoms with E-state index in [-0.39, 0.29) is 18.4 Å². The molecule has 0 unspecified atom stereocenters. The average Bonchev–Trinajstić information content (AvgIpc) is 3.07. The van der Waals surface area contributed by atoms with Crippen molar-refractivity contribution in [1.29, 1.82) is 0 Å². The van der Waals surface area contributed by atoms with Crippen LogP contribution in [0.4, 0.5) is 0 Å². The van der Waals surface area contributed by atoms with Gasteiger partial charge in [-0.05, 0) is 50.1 Å². The summed E-state index contributed by atoms with van der Waals surface area (Å²) < 4.78 is 5.15. The number of halogens is 2. The van der Waals surface area contributed by atoms with Crippen LogP contribution in [0, 0.1) is 5.41 Å². The highest BCUT2D eigenvalue weighted by Crippen LogP contribution is 2.21. The molecule has 0 saturated carbocycles. The van der Waals surface area contributed by atoms with Crippen LogP contribution >= 0.6 is 23.2 Å². The molecule has 2 N–H and O–H groups in total. The number of hydrogen-bond acceptors (Lipinski definition) is 3. The maximum atomic E-state index is 12.3. The summed E-state index contributed by atoms with van der Waals surface area (Å²) in [5.41, 5.74) is -0.317. The first-order valence-electron chi connectivity index (χ1n) is 7.83. The van der Waals surface area contributed by atoms with Gasteiger partial charge in [-0.15, -0.1) is 0 Å². The Morgan fingerprint density at radius 1 is 1.12 bits per heavy atom. The number of carbonyl (C=O) groups excluding carboxylic acids is 2. The van der Waals surface area contributed by atoms with E-state index < -0.39 is 5.41 Å². The Bertz CT molecular complexity index is 743. The van der Waals surface area contributed by atoms with E-state index in [0.29, 0.717) is 28.8 Å². The monoisotopic (exact) mass is 382 g/mol. The maximum Gasteiger partial charge on any atom is 0.235 e. The standard InChI is InChI=1S/C18H20Cl2N2O3/c1-18(2,17(24)22-11-14-4-3-9-25-14)16(23)21-8-7-12-5-6-13(19)10-15(12)20/h3-6,9-10H,7-8,11H2,1-2H3,(H,21,23)(H,22,24). The second-order valence-corrected chi connectivity index (χ2v) is 6.97. The second kappa shape index (κ2) is 8.41. The molecule has 0 aliphatic carbocycles. The minimum Gasteiger partial charge on any atom is -0.467 e. The summed E-state index contributed by atoms with van der Waals surface area (Å²) in [6.45, 7) is 3.77.